The molecule has 2 aromatic heterocycles. The van der Waals surface area contributed by atoms with Crippen LogP contribution in [-0.2, 0) is 0 Å². The summed E-state index contributed by atoms with van der Waals surface area (Å²) >= 11 is 0. The van der Waals surface area contributed by atoms with E-state index < -0.39 is 0 Å². The largest absolute Gasteiger partial charge is 0.345 e. The van der Waals surface area contributed by atoms with Gasteiger partial charge >= 0.3 is 0 Å². The van der Waals surface area contributed by atoms with Crippen LogP contribution in [-0.4, -0.2) is 15.0 Å². The monoisotopic (exact) mass is 155 g/mol. The van der Waals surface area contributed by atoms with Crippen LogP contribution in [0.15, 0.2) is 24.7 Å². The second kappa shape index (κ2) is 2.66. The van der Waals surface area contributed by atoms with Gasteiger partial charge in [0.2, 0.25) is 0 Å². The Morgan fingerprint density at radius 1 is 1.20 bits per heavy atom. The van der Waals surface area contributed by atoms with Crippen LogP contribution in [0.2, 0.25) is 0 Å². The van der Waals surface area contributed by atoms with E-state index in [9.17, 15) is 0 Å². The molecule has 0 saturated carbocycles. The molecule has 0 spiro atoms. The van der Waals surface area contributed by atoms with Crippen molar-refractivity contribution in [3.05, 3.63) is 24.7 Å². The predicted molar refractivity (Wildman–Crippen MR) is 41.1 cm³/mol. The summed E-state index contributed by atoms with van der Waals surface area (Å²) in [6, 6.07) is 1.89. The number of hydrogen-bond acceptors (Lipinski definition) is 2. The van der Waals surface area contributed by atoms with Gasteiger partial charge in [0.05, 0.1) is 0 Å². The highest BCUT2D eigenvalue weighted by molar-refractivity contribution is 5.85. The van der Waals surface area contributed by atoms with Gasteiger partial charge in [-0.25, -0.2) is 4.98 Å². The highest BCUT2D eigenvalue weighted by Crippen LogP contribution is 2.01. The van der Waals surface area contributed by atoms with Gasteiger partial charge < -0.3 is 4.98 Å². The van der Waals surface area contributed by atoms with Crippen molar-refractivity contribution in [2.24, 2.45) is 0 Å². The SMILES string of the molecule is Cl.c1cnc2[nH]ccc2n1. The lowest BCUT2D eigenvalue weighted by Crippen LogP contribution is -1.75. The zero-order chi connectivity index (χ0) is 6.10. The van der Waals surface area contributed by atoms with Gasteiger partial charge in [-0.15, -0.1) is 12.4 Å². The molecule has 0 aliphatic rings. The quantitative estimate of drug-likeness (QED) is 0.625. The van der Waals surface area contributed by atoms with E-state index in [0.29, 0.717) is 0 Å². The number of aromatic amines is 1. The van der Waals surface area contributed by atoms with Crippen LogP contribution < -0.4 is 0 Å². The number of rotatable bonds is 0. The lowest BCUT2D eigenvalue weighted by molar-refractivity contribution is 1.26. The van der Waals surface area contributed by atoms with Crippen molar-refractivity contribution < 1.29 is 0 Å². The average Bonchev–Trinajstić information content (AvgIpc) is 2.33. The van der Waals surface area contributed by atoms with Crippen molar-refractivity contribution in [1.82, 2.24) is 15.0 Å². The number of nitrogens with one attached hydrogen (secondary N) is 1. The van der Waals surface area contributed by atoms with Crippen molar-refractivity contribution >= 4 is 23.6 Å². The standard InChI is InChI=1S/C6H5N3.ClH/c1-2-8-6-5(1)7-3-4-9-6;/h1-4H,(H,8,9);1H. The topological polar surface area (TPSA) is 41.6 Å². The highest BCUT2D eigenvalue weighted by Gasteiger charge is 1.90. The molecule has 0 aliphatic carbocycles. The molecule has 0 amide bonds. The molecule has 0 aliphatic heterocycles. The van der Waals surface area contributed by atoms with Gasteiger partial charge in [-0.05, 0) is 6.07 Å². The van der Waals surface area contributed by atoms with E-state index in [-0.39, 0.29) is 12.4 Å². The fourth-order valence-corrected chi connectivity index (χ4v) is 0.781. The van der Waals surface area contributed by atoms with Gasteiger partial charge in [-0.2, -0.15) is 0 Å². The van der Waals surface area contributed by atoms with E-state index >= 15 is 0 Å². The highest BCUT2D eigenvalue weighted by atomic mass is 35.5. The average molecular weight is 156 g/mol. The van der Waals surface area contributed by atoms with Crippen LogP contribution in [0.1, 0.15) is 0 Å². The van der Waals surface area contributed by atoms with Gasteiger partial charge in [0.25, 0.3) is 0 Å². The summed E-state index contributed by atoms with van der Waals surface area (Å²) in [5.41, 5.74) is 1.76. The Kier molecular flexibility index (Phi) is 1.87. The molecule has 0 fully saturated rings. The van der Waals surface area contributed by atoms with E-state index in [1.807, 2.05) is 12.3 Å². The Morgan fingerprint density at radius 2 is 2.00 bits per heavy atom. The molecule has 4 heteroatoms. The number of nitrogens with zero attached hydrogens (tertiary/aromatic N) is 2. The number of hydrogen-bond donors (Lipinski definition) is 1. The molecule has 0 atom stereocenters. The lowest BCUT2D eigenvalue weighted by atomic mass is 10.5. The predicted octanol–water partition coefficient (Wildman–Crippen LogP) is 1.38. The summed E-state index contributed by atoms with van der Waals surface area (Å²) in [6.45, 7) is 0. The van der Waals surface area contributed by atoms with Crippen molar-refractivity contribution in [2.45, 2.75) is 0 Å². The molecule has 2 heterocycles. The minimum absolute atomic E-state index is 0. The summed E-state index contributed by atoms with van der Waals surface area (Å²) < 4.78 is 0. The summed E-state index contributed by atoms with van der Waals surface area (Å²) in [5.74, 6) is 0. The zero-order valence-corrected chi connectivity index (χ0v) is 5.93. The first-order chi connectivity index (χ1) is 4.47. The van der Waals surface area contributed by atoms with Crippen LogP contribution in [0.5, 0.6) is 0 Å². The van der Waals surface area contributed by atoms with E-state index in [0.717, 1.165) is 11.2 Å². The normalized spacial score (nSPS) is 9.20. The Hall–Kier alpha value is -1.09. The number of halogens is 1. The second-order valence-corrected chi connectivity index (χ2v) is 1.77. The molecule has 1 N–H and O–H groups in total. The summed E-state index contributed by atoms with van der Waals surface area (Å²) in [5, 5.41) is 0. The van der Waals surface area contributed by atoms with Crippen molar-refractivity contribution in [2.75, 3.05) is 0 Å². The Bertz CT molecular complexity index is 287. The molecule has 3 nitrogen and oxygen atoms in total. The van der Waals surface area contributed by atoms with Gasteiger partial charge in [0.1, 0.15) is 5.52 Å². The maximum atomic E-state index is 4.05. The first kappa shape index (κ1) is 7.02. The molecule has 0 aromatic carbocycles. The lowest BCUT2D eigenvalue weighted by Gasteiger charge is -1.81. The van der Waals surface area contributed by atoms with E-state index in [2.05, 4.69) is 15.0 Å². The second-order valence-electron chi connectivity index (χ2n) is 1.77. The number of fused-ring (bicyclic) bond motifs is 1. The molecular weight excluding hydrogens is 150 g/mol. The third kappa shape index (κ3) is 0.953. The fourth-order valence-electron chi connectivity index (χ4n) is 0.781. The smallest absolute Gasteiger partial charge is 0.155 e. The van der Waals surface area contributed by atoms with Gasteiger partial charge in [-0.3, -0.25) is 4.98 Å². The first-order valence-corrected chi connectivity index (χ1v) is 2.71. The minimum Gasteiger partial charge on any atom is -0.345 e. The van der Waals surface area contributed by atoms with Gasteiger partial charge in [0, 0.05) is 18.6 Å². The molecule has 0 bridgehead atoms. The molecule has 0 saturated heterocycles. The molecule has 52 valence electrons. The summed E-state index contributed by atoms with van der Waals surface area (Å²) in [7, 11) is 0. The van der Waals surface area contributed by atoms with E-state index in [1.165, 1.54) is 0 Å². The number of H-pyrrole nitrogens is 1. The van der Waals surface area contributed by atoms with Crippen LogP contribution >= 0.6 is 12.4 Å². The third-order valence-corrected chi connectivity index (χ3v) is 1.19. The summed E-state index contributed by atoms with van der Waals surface area (Å²) in [6.07, 6.45) is 5.17. The van der Waals surface area contributed by atoms with Crippen LogP contribution in [0.4, 0.5) is 0 Å². The van der Waals surface area contributed by atoms with Crippen LogP contribution in [0.25, 0.3) is 11.2 Å². The maximum absolute atomic E-state index is 4.05. The Balaban J connectivity index is 0.000000500. The van der Waals surface area contributed by atoms with E-state index in [4.69, 9.17) is 0 Å². The molecular formula is C6H6ClN3. The van der Waals surface area contributed by atoms with Crippen LogP contribution in [0.3, 0.4) is 0 Å². The van der Waals surface area contributed by atoms with Gasteiger partial charge in [0.15, 0.2) is 5.65 Å². The molecule has 10 heavy (non-hydrogen) atoms. The first-order valence-electron chi connectivity index (χ1n) is 2.71. The Labute approximate surface area is 63.9 Å². The maximum Gasteiger partial charge on any atom is 0.155 e. The van der Waals surface area contributed by atoms with E-state index in [1.54, 1.807) is 12.4 Å². The molecule has 2 rings (SSSR count). The molecule has 0 unspecified atom stereocenters. The van der Waals surface area contributed by atoms with Crippen molar-refractivity contribution in [1.29, 1.82) is 0 Å². The summed E-state index contributed by atoms with van der Waals surface area (Å²) in [4.78, 5) is 11.0. The third-order valence-electron chi connectivity index (χ3n) is 1.19. The van der Waals surface area contributed by atoms with Crippen molar-refractivity contribution in [3.63, 3.8) is 0 Å². The van der Waals surface area contributed by atoms with Gasteiger partial charge in [-0.1, -0.05) is 0 Å². The zero-order valence-electron chi connectivity index (χ0n) is 5.11. The van der Waals surface area contributed by atoms with Crippen LogP contribution in [0, 0.1) is 0 Å². The fraction of sp³-hybridized carbons (Fsp3) is 0. The molecule has 0 radical (unpaired) electrons. The minimum atomic E-state index is 0. The van der Waals surface area contributed by atoms with Crippen molar-refractivity contribution in [3.8, 4) is 0 Å². The Morgan fingerprint density at radius 3 is 2.80 bits per heavy atom. The molecule has 2 aromatic rings. The number of aromatic nitrogens is 3.